The fourth-order valence-electron chi connectivity index (χ4n) is 3.39. The maximum absolute atomic E-state index is 3.32. The van der Waals surface area contributed by atoms with Crippen LogP contribution < -0.4 is 5.32 Å². The average molecular weight is 260 g/mol. The summed E-state index contributed by atoms with van der Waals surface area (Å²) in [5.74, 6) is 1.54. The van der Waals surface area contributed by atoms with Gasteiger partial charge in [0.25, 0.3) is 0 Å². The number of hydrogen-bond donors (Lipinski definition) is 1. The van der Waals surface area contributed by atoms with Gasteiger partial charge in [-0.15, -0.1) is 0 Å². The number of benzene rings is 1. The van der Waals surface area contributed by atoms with Crippen LogP contribution in [0.1, 0.15) is 38.3 Å². The molecular weight excluding hydrogens is 232 g/mol. The van der Waals surface area contributed by atoms with Crippen molar-refractivity contribution in [2.45, 2.75) is 32.7 Å². The fraction of sp³-hybridized carbons (Fsp3) is 0.647. The third kappa shape index (κ3) is 3.80. The first-order valence-electron chi connectivity index (χ1n) is 7.66. The maximum atomic E-state index is 3.32. The van der Waals surface area contributed by atoms with Gasteiger partial charge in [0.05, 0.1) is 0 Å². The van der Waals surface area contributed by atoms with E-state index in [4.69, 9.17) is 0 Å². The lowest BCUT2D eigenvalue weighted by atomic mass is 9.90. The molecule has 1 saturated heterocycles. The molecule has 0 radical (unpaired) electrons. The van der Waals surface area contributed by atoms with E-state index < -0.39 is 0 Å². The van der Waals surface area contributed by atoms with Gasteiger partial charge in [-0.1, -0.05) is 44.2 Å². The second-order valence-electron chi connectivity index (χ2n) is 6.14. The monoisotopic (exact) mass is 260 g/mol. The van der Waals surface area contributed by atoms with Crippen molar-refractivity contribution in [2.24, 2.45) is 11.8 Å². The normalized spacial score (nSPS) is 19.8. The third-order valence-electron chi connectivity index (χ3n) is 4.31. The van der Waals surface area contributed by atoms with E-state index in [0.717, 1.165) is 5.92 Å². The highest BCUT2D eigenvalue weighted by Crippen LogP contribution is 2.32. The maximum Gasteiger partial charge on any atom is 0.0371 e. The minimum atomic E-state index is 0.580. The summed E-state index contributed by atoms with van der Waals surface area (Å²) in [6.45, 7) is 8.34. The Morgan fingerprint density at radius 3 is 2.32 bits per heavy atom. The highest BCUT2D eigenvalue weighted by Gasteiger charge is 2.27. The molecule has 0 bridgehead atoms. The zero-order chi connectivity index (χ0) is 13.7. The molecule has 2 nitrogen and oxygen atoms in total. The lowest BCUT2D eigenvalue weighted by Gasteiger charge is -2.39. The van der Waals surface area contributed by atoms with Crippen molar-refractivity contribution in [3.05, 3.63) is 35.9 Å². The summed E-state index contributed by atoms with van der Waals surface area (Å²) in [7, 11) is 2.06. The van der Waals surface area contributed by atoms with Gasteiger partial charge in [0.1, 0.15) is 0 Å². The summed E-state index contributed by atoms with van der Waals surface area (Å²) >= 11 is 0. The Balaban J connectivity index is 2.02. The Morgan fingerprint density at radius 1 is 1.16 bits per heavy atom. The molecule has 106 valence electrons. The summed E-state index contributed by atoms with van der Waals surface area (Å²) in [5.41, 5.74) is 1.48. The van der Waals surface area contributed by atoms with Gasteiger partial charge in [0.15, 0.2) is 0 Å². The van der Waals surface area contributed by atoms with Gasteiger partial charge in [-0.2, -0.15) is 0 Å². The Hall–Kier alpha value is -0.860. The van der Waals surface area contributed by atoms with Gasteiger partial charge < -0.3 is 5.32 Å². The molecule has 1 atom stereocenters. The zero-order valence-electron chi connectivity index (χ0n) is 12.6. The quantitative estimate of drug-likeness (QED) is 0.873. The minimum absolute atomic E-state index is 0.580. The summed E-state index contributed by atoms with van der Waals surface area (Å²) in [5, 5.41) is 3.32. The van der Waals surface area contributed by atoms with Crippen LogP contribution in [0.4, 0.5) is 0 Å². The lowest BCUT2D eigenvalue weighted by Crippen LogP contribution is -2.40. The van der Waals surface area contributed by atoms with Crippen molar-refractivity contribution in [1.29, 1.82) is 0 Å². The van der Waals surface area contributed by atoms with Gasteiger partial charge >= 0.3 is 0 Å². The number of piperidine rings is 1. The van der Waals surface area contributed by atoms with Gasteiger partial charge in [-0.3, -0.25) is 4.90 Å². The zero-order valence-corrected chi connectivity index (χ0v) is 12.6. The number of nitrogens with zero attached hydrogens (tertiary/aromatic N) is 1. The highest BCUT2D eigenvalue weighted by atomic mass is 15.2. The smallest absolute Gasteiger partial charge is 0.0371 e. The van der Waals surface area contributed by atoms with E-state index in [1.54, 1.807) is 0 Å². The SMILES string of the molecule is CNCC1CCN(C(c2ccccc2)C(C)C)CC1. The Morgan fingerprint density at radius 2 is 1.79 bits per heavy atom. The fourth-order valence-corrected chi connectivity index (χ4v) is 3.39. The van der Waals surface area contributed by atoms with Crippen LogP contribution in [0.3, 0.4) is 0 Å². The molecule has 0 aliphatic carbocycles. The summed E-state index contributed by atoms with van der Waals surface area (Å²) in [4.78, 5) is 2.69. The molecule has 1 aliphatic rings. The first kappa shape index (κ1) is 14.5. The van der Waals surface area contributed by atoms with Crippen molar-refractivity contribution < 1.29 is 0 Å². The number of likely N-dealkylation sites (tertiary alicyclic amines) is 1. The van der Waals surface area contributed by atoms with E-state index in [9.17, 15) is 0 Å². The van der Waals surface area contributed by atoms with Crippen molar-refractivity contribution in [2.75, 3.05) is 26.7 Å². The van der Waals surface area contributed by atoms with Crippen molar-refractivity contribution in [1.82, 2.24) is 10.2 Å². The van der Waals surface area contributed by atoms with E-state index in [1.165, 1.54) is 38.0 Å². The van der Waals surface area contributed by atoms with Gasteiger partial charge in [-0.25, -0.2) is 0 Å². The largest absolute Gasteiger partial charge is 0.319 e. The van der Waals surface area contributed by atoms with E-state index in [2.05, 4.69) is 61.4 Å². The molecule has 1 aromatic rings. The van der Waals surface area contributed by atoms with Crippen LogP contribution in [0.15, 0.2) is 30.3 Å². The Bertz CT molecular complexity index is 353. The first-order chi connectivity index (χ1) is 9.22. The predicted molar refractivity (Wildman–Crippen MR) is 82.2 cm³/mol. The van der Waals surface area contributed by atoms with Crippen LogP contribution in [-0.2, 0) is 0 Å². The van der Waals surface area contributed by atoms with Gasteiger partial charge in [-0.05, 0) is 56.9 Å². The summed E-state index contributed by atoms with van der Waals surface area (Å²) in [6, 6.07) is 11.6. The van der Waals surface area contributed by atoms with E-state index >= 15 is 0 Å². The minimum Gasteiger partial charge on any atom is -0.319 e. The second-order valence-corrected chi connectivity index (χ2v) is 6.14. The molecule has 1 unspecified atom stereocenters. The van der Waals surface area contributed by atoms with Crippen molar-refractivity contribution in [3.63, 3.8) is 0 Å². The molecule has 0 amide bonds. The van der Waals surface area contributed by atoms with Crippen LogP contribution in [0, 0.1) is 11.8 Å². The Kier molecular flexibility index (Phi) is 5.41. The third-order valence-corrected chi connectivity index (χ3v) is 4.31. The standard InChI is InChI=1S/C17H28N2/c1-14(2)17(16-7-5-4-6-8-16)19-11-9-15(10-12-19)13-18-3/h4-8,14-15,17-18H,9-13H2,1-3H3. The molecule has 0 saturated carbocycles. The van der Waals surface area contributed by atoms with E-state index in [-0.39, 0.29) is 0 Å². The van der Waals surface area contributed by atoms with Crippen molar-refractivity contribution in [3.8, 4) is 0 Å². The topological polar surface area (TPSA) is 15.3 Å². The molecule has 1 aromatic carbocycles. The predicted octanol–water partition coefficient (Wildman–Crippen LogP) is 3.32. The molecule has 2 rings (SSSR count). The van der Waals surface area contributed by atoms with Crippen LogP contribution >= 0.6 is 0 Å². The van der Waals surface area contributed by atoms with Crippen LogP contribution in [0.2, 0.25) is 0 Å². The van der Waals surface area contributed by atoms with E-state index in [1.807, 2.05) is 0 Å². The molecular formula is C17H28N2. The van der Waals surface area contributed by atoms with Crippen molar-refractivity contribution >= 4 is 0 Å². The van der Waals surface area contributed by atoms with Crippen LogP contribution in [0.5, 0.6) is 0 Å². The van der Waals surface area contributed by atoms with Gasteiger partial charge in [0.2, 0.25) is 0 Å². The number of hydrogen-bond acceptors (Lipinski definition) is 2. The van der Waals surface area contributed by atoms with Crippen LogP contribution in [-0.4, -0.2) is 31.6 Å². The molecule has 0 aromatic heterocycles. The molecule has 1 heterocycles. The number of nitrogens with one attached hydrogen (secondary N) is 1. The second kappa shape index (κ2) is 7.06. The number of rotatable bonds is 5. The molecule has 1 aliphatic heterocycles. The van der Waals surface area contributed by atoms with Crippen LogP contribution in [0.25, 0.3) is 0 Å². The average Bonchev–Trinajstić information content (AvgIpc) is 2.42. The van der Waals surface area contributed by atoms with Gasteiger partial charge in [0, 0.05) is 6.04 Å². The lowest BCUT2D eigenvalue weighted by molar-refractivity contribution is 0.104. The molecule has 2 heteroatoms. The first-order valence-corrected chi connectivity index (χ1v) is 7.66. The molecule has 19 heavy (non-hydrogen) atoms. The summed E-state index contributed by atoms with van der Waals surface area (Å²) in [6.07, 6.45) is 2.66. The summed E-state index contributed by atoms with van der Waals surface area (Å²) < 4.78 is 0. The van der Waals surface area contributed by atoms with E-state index in [0.29, 0.717) is 12.0 Å². The molecule has 1 N–H and O–H groups in total. The molecule has 0 spiro atoms. The highest BCUT2D eigenvalue weighted by molar-refractivity contribution is 5.19. The molecule has 1 fully saturated rings. The Labute approximate surface area is 118 Å².